The molecule has 0 spiro atoms. The van der Waals surface area contributed by atoms with Gasteiger partial charge in [-0.2, -0.15) is 0 Å². The van der Waals surface area contributed by atoms with Crippen molar-refractivity contribution in [2.75, 3.05) is 19.0 Å². The third-order valence-corrected chi connectivity index (χ3v) is 4.52. The first-order chi connectivity index (χ1) is 12.5. The highest BCUT2D eigenvalue weighted by Gasteiger charge is 2.35. The minimum absolute atomic E-state index is 0.0528. The molecule has 5 heteroatoms. The molecule has 0 saturated carbocycles. The van der Waals surface area contributed by atoms with Gasteiger partial charge in [-0.15, -0.1) is 11.6 Å². The molecule has 152 valence electrons. The third kappa shape index (κ3) is 9.18. The van der Waals surface area contributed by atoms with Gasteiger partial charge in [0, 0.05) is 12.4 Å². The predicted molar refractivity (Wildman–Crippen MR) is 113 cm³/mol. The first kappa shape index (κ1) is 23.4. The molecule has 0 aromatic carbocycles. The van der Waals surface area contributed by atoms with Gasteiger partial charge in [0.15, 0.2) is 0 Å². The summed E-state index contributed by atoms with van der Waals surface area (Å²) in [5.74, 6) is 1.08. The second kappa shape index (κ2) is 10.6. The molecular weight excluding hydrogens is 362 g/mol. The summed E-state index contributed by atoms with van der Waals surface area (Å²) in [4.78, 5) is 13.8. The Hall–Kier alpha value is -1.68. The highest BCUT2D eigenvalue weighted by Crippen LogP contribution is 2.22. The van der Waals surface area contributed by atoms with E-state index in [4.69, 9.17) is 21.1 Å². The normalized spacial score (nSPS) is 18.0. The molecule has 27 heavy (non-hydrogen) atoms. The van der Waals surface area contributed by atoms with Crippen LogP contribution in [0.3, 0.4) is 0 Å². The number of allylic oxidation sites excluding steroid dienone is 5. The molecule has 1 saturated heterocycles. The SMILES string of the molecule is C=C(/C=C(\C)CC/C(C)=C/C(=C)OCC1CCN1C(=O)OC(C)(C)C)CCl. The maximum Gasteiger partial charge on any atom is 0.410 e. The number of likely N-dealkylation sites (tertiary alicyclic amines) is 1. The zero-order chi connectivity index (χ0) is 20.6. The number of ether oxygens (including phenoxy) is 2. The number of halogens is 1. The number of carbonyl (C=O) groups excluding carboxylic acids is 1. The van der Waals surface area contributed by atoms with Crippen molar-refractivity contribution in [3.05, 3.63) is 47.8 Å². The number of carbonyl (C=O) groups is 1. The van der Waals surface area contributed by atoms with E-state index >= 15 is 0 Å². The van der Waals surface area contributed by atoms with E-state index in [2.05, 4.69) is 27.0 Å². The van der Waals surface area contributed by atoms with E-state index in [1.165, 1.54) is 11.1 Å². The molecule has 1 atom stereocenters. The van der Waals surface area contributed by atoms with Crippen molar-refractivity contribution in [2.45, 2.75) is 65.5 Å². The van der Waals surface area contributed by atoms with E-state index < -0.39 is 5.60 Å². The van der Waals surface area contributed by atoms with Crippen molar-refractivity contribution in [2.24, 2.45) is 0 Å². The summed E-state index contributed by atoms with van der Waals surface area (Å²) < 4.78 is 11.2. The summed E-state index contributed by atoms with van der Waals surface area (Å²) in [7, 11) is 0. The number of rotatable bonds is 9. The predicted octanol–water partition coefficient (Wildman–Crippen LogP) is 5.99. The van der Waals surface area contributed by atoms with E-state index in [-0.39, 0.29) is 12.1 Å². The fourth-order valence-corrected chi connectivity index (χ4v) is 2.70. The Labute approximate surface area is 169 Å². The van der Waals surface area contributed by atoms with E-state index in [0.717, 1.165) is 24.8 Å². The summed E-state index contributed by atoms with van der Waals surface area (Å²) in [6.45, 7) is 18.8. The van der Waals surface area contributed by atoms with Gasteiger partial charge in [-0.25, -0.2) is 4.79 Å². The van der Waals surface area contributed by atoms with Crippen molar-refractivity contribution >= 4 is 17.7 Å². The molecular formula is C22H34ClNO3. The lowest BCUT2D eigenvalue weighted by molar-refractivity contribution is -0.0196. The second-order valence-corrected chi connectivity index (χ2v) is 8.43. The van der Waals surface area contributed by atoms with Crippen LogP contribution in [0.4, 0.5) is 4.79 Å². The Balaban J connectivity index is 2.39. The Bertz CT molecular complexity index is 614. The molecule has 0 radical (unpaired) electrons. The van der Waals surface area contributed by atoms with Crippen LogP contribution in [-0.2, 0) is 9.47 Å². The molecule has 1 aliphatic rings. The van der Waals surface area contributed by atoms with Crippen molar-refractivity contribution in [1.29, 1.82) is 0 Å². The Morgan fingerprint density at radius 2 is 1.78 bits per heavy atom. The second-order valence-electron chi connectivity index (χ2n) is 8.17. The molecule has 1 fully saturated rings. The van der Waals surface area contributed by atoms with Crippen molar-refractivity contribution in [1.82, 2.24) is 4.90 Å². The van der Waals surface area contributed by atoms with Gasteiger partial charge in [0.05, 0.1) is 6.04 Å². The quantitative estimate of drug-likeness (QED) is 0.273. The lowest BCUT2D eigenvalue weighted by Gasteiger charge is -2.41. The first-order valence-corrected chi connectivity index (χ1v) is 9.94. The van der Waals surface area contributed by atoms with Gasteiger partial charge >= 0.3 is 6.09 Å². The van der Waals surface area contributed by atoms with Crippen LogP contribution < -0.4 is 0 Å². The average molecular weight is 396 g/mol. The fraction of sp³-hybridized carbons (Fsp3) is 0.591. The minimum atomic E-state index is -0.482. The fourth-order valence-electron chi connectivity index (χ4n) is 2.62. The Morgan fingerprint density at radius 1 is 1.19 bits per heavy atom. The standard InChI is InChI=1S/C22H34ClNO3/c1-16(12-18(3)14-23)8-9-17(2)13-19(4)26-15-20-10-11-24(20)21(25)27-22(5,6)7/h12-13,20H,3-4,8-11,14-15H2,1-2,5-7H3/b16-12+,17-13+. The molecule has 0 N–H and O–H groups in total. The molecule has 1 unspecified atom stereocenters. The first-order valence-electron chi connectivity index (χ1n) is 9.41. The molecule has 1 amide bonds. The lowest BCUT2D eigenvalue weighted by Crippen LogP contribution is -2.54. The molecule has 4 nitrogen and oxygen atoms in total. The molecule has 0 aliphatic carbocycles. The Morgan fingerprint density at radius 3 is 2.26 bits per heavy atom. The lowest BCUT2D eigenvalue weighted by atomic mass is 10.0. The summed E-state index contributed by atoms with van der Waals surface area (Å²) in [6.07, 6.45) is 6.51. The van der Waals surface area contributed by atoms with E-state index in [9.17, 15) is 4.79 Å². The number of nitrogens with zero attached hydrogens (tertiary/aromatic N) is 1. The van der Waals surface area contributed by atoms with Crippen molar-refractivity contribution < 1.29 is 14.3 Å². The summed E-state index contributed by atoms with van der Waals surface area (Å²) >= 11 is 5.75. The van der Waals surface area contributed by atoms with Gasteiger partial charge in [0.2, 0.25) is 0 Å². The number of hydrogen-bond donors (Lipinski definition) is 0. The number of alkyl halides is 1. The number of amides is 1. The van der Waals surface area contributed by atoms with Gasteiger partial charge < -0.3 is 14.4 Å². The largest absolute Gasteiger partial charge is 0.492 e. The maximum atomic E-state index is 12.1. The third-order valence-electron chi connectivity index (χ3n) is 4.18. The van der Waals surface area contributed by atoms with Crippen LogP contribution in [0.5, 0.6) is 0 Å². The van der Waals surface area contributed by atoms with Crippen LogP contribution in [0.15, 0.2) is 47.8 Å². The summed E-state index contributed by atoms with van der Waals surface area (Å²) in [6, 6.07) is 0.0528. The monoisotopic (exact) mass is 395 g/mol. The molecule has 0 aromatic heterocycles. The smallest absolute Gasteiger partial charge is 0.410 e. The average Bonchev–Trinajstić information content (AvgIpc) is 2.49. The molecule has 1 rings (SSSR count). The molecule has 0 aromatic rings. The van der Waals surface area contributed by atoms with Gasteiger partial charge in [-0.05, 0) is 65.5 Å². The highest BCUT2D eigenvalue weighted by atomic mass is 35.5. The van der Waals surface area contributed by atoms with Crippen LogP contribution in [0.25, 0.3) is 0 Å². The topological polar surface area (TPSA) is 38.8 Å². The van der Waals surface area contributed by atoms with E-state index in [0.29, 0.717) is 24.8 Å². The molecule has 0 bridgehead atoms. The van der Waals surface area contributed by atoms with Crippen molar-refractivity contribution in [3.8, 4) is 0 Å². The van der Waals surface area contributed by atoms with Gasteiger partial charge in [-0.1, -0.05) is 30.4 Å². The maximum absolute atomic E-state index is 12.1. The van der Waals surface area contributed by atoms with Crippen LogP contribution in [-0.4, -0.2) is 41.7 Å². The zero-order valence-corrected chi connectivity index (χ0v) is 18.2. The van der Waals surface area contributed by atoms with Crippen LogP contribution in [0, 0.1) is 0 Å². The zero-order valence-electron chi connectivity index (χ0n) is 17.4. The number of hydrogen-bond acceptors (Lipinski definition) is 3. The molecule has 1 heterocycles. The Kier molecular flexibility index (Phi) is 9.17. The minimum Gasteiger partial charge on any atom is -0.492 e. The van der Waals surface area contributed by atoms with E-state index in [1.54, 1.807) is 4.90 Å². The van der Waals surface area contributed by atoms with Crippen LogP contribution in [0.1, 0.15) is 53.9 Å². The van der Waals surface area contributed by atoms with E-state index in [1.807, 2.05) is 32.9 Å². The van der Waals surface area contributed by atoms with Gasteiger partial charge in [0.1, 0.15) is 18.0 Å². The summed E-state index contributed by atoms with van der Waals surface area (Å²) in [5.41, 5.74) is 2.90. The summed E-state index contributed by atoms with van der Waals surface area (Å²) in [5, 5.41) is 0. The van der Waals surface area contributed by atoms with Gasteiger partial charge in [0.25, 0.3) is 0 Å². The molecule has 1 aliphatic heterocycles. The van der Waals surface area contributed by atoms with Crippen molar-refractivity contribution in [3.63, 3.8) is 0 Å². The van der Waals surface area contributed by atoms with Gasteiger partial charge in [-0.3, -0.25) is 0 Å². The highest BCUT2D eigenvalue weighted by molar-refractivity contribution is 6.19. The van der Waals surface area contributed by atoms with Crippen LogP contribution in [0.2, 0.25) is 0 Å². The van der Waals surface area contributed by atoms with Crippen LogP contribution >= 0.6 is 11.6 Å².